The summed E-state index contributed by atoms with van der Waals surface area (Å²) in [6.45, 7) is 1.91. The van der Waals surface area contributed by atoms with Crippen LogP contribution in [0.25, 0.3) is 0 Å². The molecular formula is C12H11NO. The second-order valence-corrected chi connectivity index (χ2v) is 3.78. The minimum Gasteiger partial charge on any atom is -0.294 e. The van der Waals surface area contributed by atoms with Crippen molar-refractivity contribution >= 4 is 5.78 Å². The predicted octanol–water partition coefficient (Wildman–Crippen LogP) is 2.46. The molecule has 0 N–H and O–H groups in total. The number of hydrogen-bond donors (Lipinski definition) is 0. The molecule has 1 aliphatic rings. The standard InChI is InChI=1S/C12H11NO/c1-8-2-3-9(7-13)6-11(8)12(14)10-4-5-10/h2-3,6,10H,4-5H2,1H3. The van der Waals surface area contributed by atoms with Crippen LogP contribution in [0.3, 0.4) is 0 Å². The molecule has 0 heterocycles. The lowest BCUT2D eigenvalue weighted by Crippen LogP contribution is -2.04. The van der Waals surface area contributed by atoms with Crippen LogP contribution in [0.5, 0.6) is 0 Å². The van der Waals surface area contributed by atoms with Gasteiger partial charge in [0.2, 0.25) is 0 Å². The molecule has 2 nitrogen and oxygen atoms in total. The van der Waals surface area contributed by atoms with E-state index in [-0.39, 0.29) is 11.7 Å². The van der Waals surface area contributed by atoms with Crippen molar-refractivity contribution in [1.29, 1.82) is 5.26 Å². The van der Waals surface area contributed by atoms with Crippen LogP contribution in [-0.4, -0.2) is 5.78 Å². The Bertz CT molecular complexity index is 424. The average molecular weight is 185 g/mol. The number of aryl methyl sites for hydroxylation is 1. The number of carbonyl (C=O) groups is 1. The van der Waals surface area contributed by atoms with E-state index in [1.165, 1.54) is 0 Å². The maximum Gasteiger partial charge on any atom is 0.166 e. The molecule has 1 aromatic rings. The minimum atomic E-state index is 0.208. The van der Waals surface area contributed by atoms with Crippen LogP contribution in [0.1, 0.15) is 34.3 Å². The van der Waals surface area contributed by atoms with E-state index >= 15 is 0 Å². The summed E-state index contributed by atoms with van der Waals surface area (Å²) in [6.07, 6.45) is 2.02. The quantitative estimate of drug-likeness (QED) is 0.664. The van der Waals surface area contributed by atoms with Crippen molar-refractivity contribution in [2.24, 2.45) is 5.92 Å². The van der Waals surface area contributed by atoms with Crippen LogP contribution in [-0.2, 0) is 0 Å². The Balaban J connectivity index is 2.40. The zero-order valence-corrected chi connectivity index (χ0v) is 8.08. The summed E-state index contributed by atoms with van der Waals surface area (Å²) >= 11 is 0. The first-order chi connectivity index (χ1) is 6.72. The van der Waals surface area contributed by atoms with Crippen molar-refractivity contribution in [3.05, 3.63) is 34.9 Å². The van der Waals surface area contributed by atoms with Gasteiger partial charge in [-0.05, 0) is 37.5 Å². The first kappa shape index (κ1) is 8.96. The van der Waals surface area contributed by atoms with Gasteiger partial charge in [0.25, 0.3) is 0 Å². The Morgan fingerprint density at radius 3 is 2.79 bits per heavy atom. The Kier molecular flexibility index (Phi) is 2.09. The summed E-state index contributed by atoms with van der Waals surface area (Å²) < 4.78 is 0. The van der Waals surface area contributed by atoms with Crippen molar-refractivity contribution in [2.75, 3.05) is 0 Å². The van der Waals surface area contributed by atoms with Gasteiger partial charge in [-0.25, -0.2) is 0 Å². The molecule has 1 saturated carbocycles. The van der Waals surface area contributed by atoms with E-state index in [1.54, 1.807) is 12.1 Å². The van der Waals surface area contributed by atoms with Crippen LogP contribution in [0.4, 0.5) is 0 Å². The lowest BCUT2D eigenvalue weighted by atomic mass is 9.99. The molecule has 0 spiro atoms. The van der Waals surface area contributed by atoms with E-state index < -0.39 is 0 Å². The van der Waals surface area contributed by atoms with Gasteiger partial charge in [-0.2, -0.15) is 5.26 Å². The lowest BCUT2D eigenvalue weighted by molar-refractivity contribution is 0.0967. The van der Waals surface area contributed by atoms with Crippen molar-refractivity contribution in [3.63, 3.8) is 0 Å². The maximum atomic E-state index is 11.8. The topological polar surface area (TPSA) is 40.9 Å². The highest BCUT2D eigenvalue weighted by molar-refractivity contribution is 6.00. The van der Waals surface area contributed by atoms with Gasteiger partial charge in [-0.1, -0.05) is 6.07 Å². The largest absolute Gasteiger partial charge is 0.294 e. The number of carbonyl (C=O) groups excluding carboxylic acids is 1. The molecule has 14 heavy (non-hydrogen) atoms. The van der Waals surface area contributed by atoms with E-state index in [1.807, 2.05) is 13.0 Å². The molecular weight excluding hydrogens is 174 g/mol. The van der Waals surface area contributed by atoms with E-state index in [0.717, 1.165) is 24.0 Å². The Morgan fingerprint density at radius 1 is 1.50 bits per heavy atom. The van der Waals surface area contributed by atoms with Gasteiger partial charge in [0, 0.05) is 11.5 Å². The summed E-state index contributed by atoms with van der Waals surface area (Å²) in [5.41, 5.74) is 2.27. The average Bonchev–Trinajstić information content (AvgIpc) is 3.01. The molecule has 1 aromatic carbocycles. The van der Waals surface area contributed by atoms with Gasteiger partial charge in [-0.3, -0.25) is 4.79 Å². The number of nitrogens with zero attached hydrogens (tertiary/aromatic N) is 1. The zero-order valence-electron chi connectivity index (χ0n) is 8.08. The third-order valence-corrected chi connectivity index (χ3v) is 2.58. The molecule has 0 amide bonds. The number of rotatable bonds is 2. The smallest absolute Gasteiger partial charge is 0.166 e. The molecule has 0 bridgehead atoms. The summed E-state index contributed by atoms with van der Waals surface area (Å²) in [4.78, 5) is 11.8. The highest BCUT2D eigenvalue weighted by Gasteiger charge is 2.31. The normalized spacial score (nSPS) is 14.9. The molecule has 0 unspecified atom stereocenters. The summed E-state index contributed by atoms with van der Waals surface area (Å²) in [6, 6.07) is 7.35. The van der Waals surface area contributed by atoms with Gasteiger partial charge in [0.05, 0.1) is 11.6 Å². The molecule has 0 radical (unpaired) electrons. The van der Waals surface area contributed by atoms with Crippen molar-refractivity contribution in [2.45, 2.75) is 19.8 Å². The fraction of sp³-hybridized carbons (Fsp3) is 0.333. The van der Waals surface area contributed by atoms with Crippen molar-refractivity contribution in [1.82, 2.24) is 0 Å². The van der Waals surface area contributed by atoms with E-state index in [9.17, 15) is 4.79 Å². The van der Waals surface area contributed by atoms with Crippen LogP contribution in [0, 0.1) is 24.2 Å². The summed E-state index contributed by atoms with van der Waals surface area (Å²) in [7, 11) is 0. The van der Waals surface area contributed by atoms with Gasteiger partial charge >= 0.3 is 0 Å². The minimum absolute atomic E-state index is 0.208. The van der Waals surface area contributed by atoms with E-state index in [0.29, 0.717) is 5.56 Å². The number of Topliss-reactive ketones (excluding diaryl/α,β-unsaturated/α-hetero) is 1. The van der Waals surface area contributed by atoms with Crippen molar-refractivity contribution in [3.8, 4) is 6.07 Å². The molecule has 2 rings (SSSR count). The molecule has 0 aliphatic heterocycles. The number of nitriles is 1. The van der Waals surface area contributed by atoms with E-state index in [2.05, 4.69) is 6.07 Å². The van der Waals surface area contributed by atoms with E-state index in [4.69, 9.17) is 5.26 Å². The molecule has 0 saturated heterocycles. The monoisotopic (exact) mass is 185 g/mol. The van der Waals surface area contributed by atoms with Crippen LogP contribution in [0.2, 0.25) is 0 Å². The molecule has 0 atom stereocenters. The van der Waals surface area contributed by atoms with Gasteiger partial charge in [-0.15, -0.1) is 0 Å². The summed E-state index contributed by atoms with van der Waals surface area (Å²) in [5.74, 6) is 0.433. The van der Waals surface area contributed by atoms with Crippen LogP contribution >= 0.6 is 0 Å². The summed E-state index contributed by atoms with van der Waals surface area (Å²) in [5, 5.41) is 8.73. The van der Waals surface area contributed by atoms with Crippen molar-refractivity contribution < 1.29 is 4.79 Å². The molecule has 1 fully saturated rings. The number of benzene rings is 1. The Morgan fingerprint density at radius 2 is 2.21 bits per heavy atom. The van der Waals surface area contributed by atoms with Crippen LogP contribution < -0.4 is 0 Å². The third-order valence-electron chi connectivity index (χ3n) is 2.58. The maximum absolute atomic E-state index is 11.8. The molecule has 1 aliphatic carbocycles. The first-order valence-electron chi connectivity index (χ1n) is 4.77. The highest BCUT2D eigenvalue weighted by Crippen LogP contribution is 2.33. The number of hydrogen-bond acceptors (Lipinski definition) is 2. The van der Waals surface area contributed by atoms with Gasteiger partial charge in [0.15, 0.2) is 5.78 Å². The first-order valence-corrected chi connectivity index (χ1v) is 4.77. The third kappa shape index (κ3) is 1.54. The second kappa shape index (κ2) is 3.26. The zero-order chi connectivity index (χ0) is 10.1. The molecule has 70 valence electrons. The number of ketones is 1. The Hall–Kier alpha value is -1.62. The Labute approximate surface area is 83.2 Å². The SMILES string of the molecule is Cc1ccc(C#N)cc1C(=O)C1CC1. The predicted molar refractivity (Wildman–Crippen MR) is 52.9 cm³/mol. The lowest BCUT2D eigenvalue weighted by Gasteiger charge is -2.03. The molecule has 2 heteroatoms. The fourth-order valence-electron chi connectivity index (χ4n) is 1.52. The fourth-order valence-corrected chi connectivity index (χ4v) is 1.52. The molecule has 0 aromatic heterocycles. The van der Waals surface area contributed by atoms with Gasteiger partial charge < -0.3 is 0 Å². The second-order valence-electron chi connectivity index (χ2n) is 3.78. The van der Waals surface area contributed by atoms with Gasteiger partial charge in [0.1, 0.15) is 0 Å². The highest BCUT2D eigenvalue weighted by atomic mass is 16.1. The van der Waals surface area contributed by atoms with Crippen LogP contribution in [0.15, 0.2) is 18.2 Å².